The summed E-state index contributed by atoms with van der Waals surface area (Å²) in [5.74, 6) is -1.03. The minimum atomic E-state index is -0.633. The molecule has 2 fully saturated rings. The number of ether oxygens (including phenoxy) is 2. The van der Waals surface area contributed by atoms with Crippen LogP contribution in [-0.4, -0.2) is 56.7 Å². The largest absolute Gasteiger partial charge is 0.462 e. The lowest BCUT2D eigenvalue weighted by atomic mass is 10.2. The third-order valence-corrected chi connectivity index (χ3v) is 5.37. The maximum absolute atomic E-state index is 12.9. The fourth-order valence-electron chi connectivity index (χ4n) is 3.77. The van der Waals surface area contributed by atoms with Gasteiger partial charge in [0, 0.05) is 24.5 Å². The molecule has 0 bridgehead atoms. The smallest absolute Gasteiger partial charge is 0.338 e. The summed E-state index contributed by atoms with van der Waals surface area (Å²) in [5.41, 5.74) is 2.70. The van der Waals surface area contributed by atoms with E-state index in [-0.39, 0.29) is 24.8 Å². The molecule has 2 aliphatic heterocycles. The van der Waals surface area contributed by atoms with E-state index in [4.69, 9.17) is 9.47 Å². The molecule has 31 heavy (non-hydrogen) atoms. The Morgan fingerprint density at radius 3 is 2.32 bits per heavy atom. The minimum absolute atomic E-state index is 0.0731. The van der Waals surface area contributed by atoms with Crippen LogP contribution in [0, 0.1) is 0 Å². The Balaban J connectivity index is 1.41. The molecule has 8 heteroatoms. The maximum Gasteiger partial charge on any atom is 0.338 e. The van der Waals surface area contributed by atoms with E-state index in [0.717, 1.165) is 42.6 Å². The molecule has 0 saturated carbocycles. The lowest BCUT2D eigenvalue weighted by molar-refractivity contribution is -0.121. The van der Waals surface area contributed by atoms with Crippen LogP contribution in [0.4, 0.5) is 17.1 Å². The third-order valence-electron chi connectivity index (χ3n) is 5.37. The summed E-state index contributed by atoms with van der Waals surface area (Å²) in [5, 5.41) is 3.17. The Bertz CT molecular complexity index is 952. The number of benzene rings is 2. The van der Waals surface area contributed by atoms with Crippen molar-refractivity contribution in [3.63, 3.8) is 0 Å². The molecule has 2 aliphatic rings. The van der Waals surface area contributed by atoms with Crippen LogP contribution in [0.25, 0.3) is 0 Å². The van der Waals surface area contributed by atoms with Gasteiger partial charge in [0.15, 0.2) is 0 Å². The molecule has 1 atom stereocenters. The summed E-state index contributed by atoms with van der Waals surface area (Å²) in [7, 11) is 0. The van der Waals surface area contributed by atoms with Crippen LogP contribution in [-0.2, 0) is 19.1 Å². The van der Waals surface area contributed by atoms with Gasteiger partial charge in [-0.1, -0.05) is 0 Å². The summed E-state index contributed by atoms with van der Waals surface area (Å²) < 4.78 is 10.3. The molecule has 4 rings (SSSR count). The van der Waals surface area contributed by atoms with E-state index in [2.05, 4.69) is 10.2 Å². The molecule has 0 spiro atoms. The van der Waals surface area contributed by atoms with Crippen LogP contribution >= 0.6 is 0 Å². The molecule has 8 nitrogen and oxygen atoms in total. The Labute approximate surface area is 180 Å². The molecule has 0 aromatic heterocycles. The molecule has 2 saturated heterocycles. The van der Waals surface area contributed by atoms with Crippen molar-refractivity contribution >= 4 is 34.8 Å². The normalized spacial score (nSPS) is 18.9. The van der Waals surface area contributed by atoms with E-state index in [1.54, 1.807) is 31.2 Å². The first-order chi connectivity index (χ1) is 15.1. The highest BCUT2D eigenvalue weighted by atomic mass is 16.5. The Morgan fingerprint density at radius 2 is 1.68 bits per heavy atom. The van der Waals surface area contributed by atoms with Crippen molar-refractivity contribution < 1.29 is 23.9 Å². The van der Waals surface area contributed by atoms with Crippen molar-refractivity contribution in [1.29, 1.82) is 0 Å². The minimum Gasteiger partial charge on any atom is -0.462 e. The Kier molecular flexibility index (Phi) is 6.18. The second kappa shape index (κ2) is 9.18. The van der Waals surface area contributed by atoms with Gasteiger partial charge in [0.2, 0.25) is 5.91 Å². The van der Waals surface area contributed by atoms with E-state index in [1.807, 2.05) is 24.3 Å². The summed E-state index contributed by atoms with van der Waals surface area (Å²) in [6.45, 7) is 5.16. The molecule has 2 heterocycles. The van der Waals surface area contributed by atoms with E-state index < -0.39 is 12.0 Å². The number of nitrogens with zero attached hydrogens (tertiary/aromatic N) is 2. The lowest BCUT2D eigenvalue weighted by Crippen LogP contribution is -2.36. The van der Waals surface area contributed by atoms with Crippen LogP contribution in [0.15, 0.2) is 48.5 Å². The number of morpholine rings is 1. The van der Waals surface area contributed by atoms with Gasteiger partial charge in [-0.15, -0.1) is 0 Å². The zero-order valence-corrected chi connectivity index (χ0v) is 17.4. The molecule has 2 aromatic rings. The maximum atomic E-state index is 12.9. The monoisotopic (exact) mass is 423 g/mol. The van der Waals surface area contributed by atoms with Crippen molar-refractivity contribution in [3.05, 3.63) is 54.1 Å². The van der Waals surface area contributed by atoms with Crippen molar-refractivity contribution in [2.24, 2.45) is 0 Å². The van der Waals surface area contributed by atoms with Gasteiger partial charge in [-0.25, -0.2) is 9.69 Å². The van der Waals surface area contributed by atoms with Gasteiger partial charge in [-0.3, -0.25) is 9.59 Å². The lowest BCUT2D eigenvalue weighted by Gasteiger charge is -2.29. The average molecular weight is 423 g/mol. The summed E-state index contributed by atoms with van der Waals surface area (Å²) in [6, 6.07) is 13.5. The summed E-state index contributed by atoms with van der Waals surface area (Å²) in [4.78, 5) is 40.6. The molecule has 0 aliphatic carbocycles. The number of esters is 1. The molecular weight excluding hydrogens is 398 g/mol. The highest BCUT2D eigenvalue weighted by molar-refractivity contribution is 6.23. The van der Waals surface area contributed by atoms with Crippen molar-refractivity contribution in [2.45, 2.75) is 19.4 Å². The first-order valence-electron chi connectivity index (χ1n) is 10.4. The molecule has 1 unspecified atom stereocenters. The van der Waals surface area contributed by atoms with E-state index in [0.29, 0.717) is 11.3 Å². The zero-order chi connectivity index (χ0) is 21.8. The molecule has 0 radical (unpaired) electrons. The SMILES string of the molecule is CCOC(=O)c1ccc(N2C(=O)CC(Nc3ccc(N4CCOCC4)cc3)C2=O)cc1. The van der Waals surface area contributed by atoms with Crippen LogP contribution in [0.3, 0.4) is 0 Å². The van der Waals surface area contributed by atoms with Crippen molar-refractivity contribution in [1.82, 2.24) is 0 Å². The van der Waals surface area contributed by atoms with Crippen LogP contribution in [0.1, 0.15) is 23.7 Å². The number of hydrogen-bond donors (Lipinski definition) is 1. The predicted octanol–water partition coefficient (Wildman–Crippen LogP) is 2.44. The quantitative estimate of drug-likeness (QED) is 0.564. The summed E-state index contributed by atoms with van der Waals surface area (Å²) in [6.07, 6.45) is 0.0731. The van der Waals surface area contributed by atoms with Gasteiger partial charge < -0.3 is 19.7 Å². The number of nitrogens with one attached hydrogen (secondary N) is 1. The zero-order valence-electron chi connectivity index (χ0n) is 17.4. The van der Waals surface area contributed by atoms with Crippen LogP contribution < -0.4 is 15.1 Å². The predicted molar refractivity (Wildman–Crippen MR) is 116 cm³/mol. The molecule has 2 amide bonds. The second-order valence-electron chi connectivity index (χ2n) is 7.38. The first-order valence-corrected chi connectivity index (χ1v) is 10.4. The number of hydrogen-bond acceptors (Lipinski definition) is 7. The van der Waals surface area contributed by atoms with Gasteiger partial charge >= 0.3 is 5.97 Å². The van der Waals surface area contributed by atoms with E-state index >= 15 is 0 Å². The van der Waals surface area contributed by atoms with Crippen molar-refractivity contribution in [2.75, 3.05) is 48.0 Å². The van der Waals surface area contributed by atoms with Gasteiger partial charge in [0.1, 0.15) is 6.04 Å². The number of carbonyl (C=O) groups excluding carboxylic acids is 3. The molecule has 2 aromatic carbocycles. The molecule has 162 valence electrons. The standard InChI is InChI=1S/C23H25N3O5/c1-2-31-23(29)16-3-7-19(8-4-16)26-21(27)15-20(22(26)28)24-17-5-9-18(10-6-17)25-11-13-30-14-12-25/h3-10,20,24H,2,11-15H2,1H3. The molecule has 1 N–H and O–H groups in total. The highest BCUT2D eigenvalue weighted by Gasteiger charge is 2.39. The van der Waals surface area contributed by atoms with Gasteiger partial charge in [0.25, 0.3) is 5.91 Å². The second-order valence-corrected chi connectivity index (χ2v) is 7.38. The average Bonchev–Trinajstić information content (AvgIpc) is 3.08. The van der Waals surface area contributed by atoms with E-state index in [1.165, 1.54) is 0 Å². The first kappa shape index (κ1) is 20.9. The fraction of sp³-hybridized carbons (Fsp3) is 0.348. The fourth-order valence-corrected chi connectivity index (χ4v) is 3.77. The van der Waals surface area contributed by atoms with Gasteiger partial charge in [0.05, 0.1) is 37.5 Å². The van der Waals surface area contributed by atoms with Crippen LogP contribution in [0.2, 0.25) is 0 Å². The number of anilines is 3. The van der Waals surface area contributed by atoms with Crippen molar-refractivity contribution in [3.8, 4) is 0 Å². The van der Waals surface area contributed by atoms with Gasteiger partial charge in [-0.05, 0) is 55.5 Å². The number of amides is 2. The topological polar surface area (TPSA) is 88.2 Å². The summed E-state index contributed by atoms with van der Waals surface area (Å²) >= 11 is 0. The number of rotatable bonds is 6. The molecular formula is C23H25N3O5. The Morgan fingerprint density at radius 1 is 1.03 bits per heavy atom. The highest BCUT2D eigenvalue weighted by Crippen LogP contribution is 2.26. The van der Waals surface area contributed by atoms with Gasteiger partial charge in [-0.2, -0.15) is 0 Å². The number of imide groups is 1. The number of carbonyl (C=O) groups is 3. The third kappa shape index (κ3) is 4.54. The van der Waals surface area contributed by atoms with E-state index in [9.17, 15) is 14.4 Å². The Hall–Kier alpha value is -3.39. The van der Waals surface area contributed by atoms with Crippen LogP contribution in [0.5, 0.6) is 0 Å².